The minimum atomic E-state index is -0.355. The fraction of sp³-hybridized carbons (Fsp3) is 0.0714. The van der Waals surface area contributed by atoms with Crippen LogP contribution in [0.3, 0.4) is 0 Å². The number of phenols is 1. The second kappa shape index (κ2) is 5.39. The fourth-order valence-electron chi connectivity index (χ4n) is 1.61. The Morgan fingerprint density at radius 3 is 2.28 bits per heavy atom. The highest BCUT2D eigenvalue weighted by Gasteiger charge is 2.06. The van der Waals surface area contributed by atoms with Crippen LogP contribution >= 0.6 is 22.6 Å². The lowest BCUT2D eigenvalue weighted by Gasteiger charge is -2.05. The predicted molar refractivity (Wildman–Crippen MR) is 77.6 cm³/mol. The van der Waals surface area contributed by atoms with Crippen LogP contribution < -0.4 is 0 Å². The van der Waals surface area contributed by atoms with E-state index in [2.05, 4.69) is 27.3 Å². The lowest BCUT2D eigenvalue weighted by Crippen LogP contribution is -2.00. The van der Waals surface area contributed by atoms with E-state index in [0.717, 1.165) is 14.7 Å². The molecular formula is C14H11IO3. The number of halogens is 1. The maximum absolute atomic E-state index is 11.3. The Balaban J connectivity index is 2.34. The summed E-state index contributed by atoms with van der Waals surface area (Å²) < 4.78 is 5.44. The van der Waals surface area contributed by atoms with Crippen LogP contribution in [0.4, 0.5) is 0 Å². The number of hydrogen-bond donors (Lipinski definition) is 1. The molecule has 0 amide bonds. The zero-order chi connectivity index (χ0) is 13.1. The molecule has 4 heteroatoms. The Hall–Kier alpha value is -1.56. The quantitative estimate of drug-likeness (QED) is 0.664. The topological polar surface area (TPSA) is 46.5 Å². The number of benzene rings is 2. The van der Waals surface area contributed by atoms with Crippen molar-refractivity contribution in [1.82, 2.24) is 0 Å². The summed E-state index contributed by atoms with van der Waals surface area (Å²) in [6.07, 6.45) is 0. The average Bonchev–Trinajstić information content (AvgIpc) is 2.41. The van der Waals surface area contributed by atoms with Crippen molar-refractivity contribution in [3.05, 3.63) is 51.6 Å². The third-order valence-electron chi connectivity index (χ3n) is 2.59. The van der Waals surface area contributed by atoms with Gasteiger partial charge in [-0.3, -0.25) is 0 Å². The van der Waals surface area contributed by atoms with Crippen LogP contribution in [0, 0.1) is 3.57 Å². The van der Waals surface area contributed by atoms with Crippen molar-refractivity contribution in [1.29, 1.82) is 0 Å². The van der Waals surface area contributed by atoms with E-state index in [9.17, 15) is 9.90 Å². The van der Waals surface area contributed by atoms with Gasteiger partial charge in [0, 0.05) is 0 Å². The molecule has 0 saturated carbocycles. The molecule has 0 atom stereocenters. The molecule has 0 spiro atoms. The second-order valence-electron chi connectivity index (χ2n) is 3.74. The summed E-state index contributed by atoms with van der Waals surface area (Å²) in [4.78, 5) is 11.3. The van der Waals surface area contributed by atoms with Gasteiger partial charge < -0.3 is 9.84 Å². The van der Waals surface area contributed by atoms with Gasteiger partial charge in [-0.1, -0.05) is 18.2 Å². The number of hydrogen-bond acceptors (Lipinski definition) is 3. The summed E-state index contributed by atoms with van der Waals surface area (Å²) in [5.41, 5.74) is 2.36. The van der Waals surface area contributed by atoms with Gasteiger partial charge in [-0.15, -0.1) is 0 Å². The molecule has 0 bridgehead atoms. The molecule has 0 aliphatic carbocycles. The smallest absolute Gasteiger partial charge is 0.337 e. The Morgan fingerprint density at radius 2 is 1.72 bits per heavy atom. The van der Waals surface area contributed by atoms with Crippen LogP contribution in [0.15, 0.2) is 42.5 Å². The molecular weight excluding hydrogens is 343 g/mol. The summed E-state index contributed by atoms with van der Waals surface area (Å²) >= 11 is 2.07. The molecule has 1 N–H and O–H groups in total. The molecule has 2 aromatic rings. The lowest BCUT2D eigenvalue weighted by molar-refractivity contribution is 0.0601. The Labute approximate surface area is 119 Å². The number of aromatic hydroxyl groups is 1. The molecule has 3 nitrogen and oxygen atoms in total. The number of methoxy groups -OCH3 is 1. The molecule has 18 heavy (non-hydrogen) atoms. The molecule has 92 valence electrons. The summed E-state index contributed by atoms with van der Waals surface area (Å²) in [5.74, 6) is -0.0999. The molecule has 2 rings (SSSR count). The zero-order valence-corrected chi connectivity index (χ0v) is 11.8. The monoisotopic (exact) mass is 354 g/mol. The van der Waals surface area contributed by atoms with Gasteiger partial charge in [0.1, 0.15) is 5.75 Å². The third kappa shape index (κ3) is 2.64. The molecule has 0 aliphatic rings. The maximum Gasteiger partial charge on any atom is 0.337 e. The molecule has 0 aliphatic heterocycles. The normalized spacial score (nSPS) is 10.1. The van der Waals surface area contributed by atoms with E-state index in [1.54, 1.807) is 18.2 Å². The SMILES string of the molecule is COC(=O)c1ccc(-c2ccc(I)c(O)c2)cc1. The van der Waals surface area contributed by atoms with Crippen molar-refractivity contribution in [2.45, 2.75) is 0 Å². The van der Waals surface area contributed by atoms with Gasteiger partial charge in [-0.05, 0) is 58.0 Å². The van der Waals surface area contributed by atoms with Gasteiger partial charge >= 0.3 is 5.97 Å². The molecule has 0 aromatic heterocycles. The van der Waals surface area contributed by atoms with Crippen molar-refractivity contribution >= 4 is 28.6 Å². The minimum absolute atomic E-state index is 0.255. The first kappa shape index (κ1) is 12.9. The van der Waals surface area contributed by atoms with E-state index in [0.29, 0.717) is 5.56 Å². The highest BCUT2D eigenvalue weighted by Crippen LogP contribution is 2.27. The first-order valence-electron chi connectivity index (χ1n) is 5.29. The number of ether oxygens (including phenoxy) is 1. The number of esters is 1. The van der Waals surface area contributed by atoms with E-state index in [4.69, 9.17) is 0 Å². The van der Waals surface area contributed by atoms with Crippen molar-refractivity contribution in [2.24, 2.45) is 0 Å². The Bertz CT molecular complexity index is 576. The highest BCUT2D eigenvalue weighted by atomic mass is 127. The van der Waals surface area contributed by atoms with Crippen molar-refractivity contribution in [2.75, 3.05) is 7.11 Å². The van der Waals surface area contributed by atoms with Crippen LogP contribution in [-0.2, 0) is 4.74 Å². The molecule has 0 heterocycles. The van der Waals surface area contributed by atoms with Gasteiger partial charge in [0.25, 0.3) is 0 Å². The Kier molecular flexibility index (Phi) is 3.86. The number of carbonyl (C=O) groups excluding carboxylic acids is 1. The van der Waals surface area contributed by atoms with Crippen LogP contribution in [0.2, 0.25) is 0 Å². The summed E-state index contributed by atoms with van der Waals surface area (Å²) in [5, 5.41) is 9.66. The number of rotatable bonds is 2. The maximum atomic E-state index is 11.3. The summed E-state index contributed by atoms with van der Waals surface area (Å²) in [7, 11) is 1.35. The molecule has 0 radical (unpaired) electrons. The summed E-state index contributed by atoms with van der Waals surface area (Å²) in [6, 6.07) is 12.5. The van der Waals surface area contributed by atoms with Crippen molar-refractivity contribution < 1.29 is 14.6 Å². The molecule has 0 unspecified atom stereocenters. The van der Waals surface area contributed by atoms with E-state index < -0.39 is 0 Å². The fourth-order valence-corrected chi connectivity index (χ4v) is 1.94. The van der Waals surface area contributed by atoms with Gasteiger partial charge in [0.05, 0.1) is 16.2 Å². The van der Waals surface area contributed by atoms with E-state index in [1.807, 2.05) is 24.3 Å². The van der Waals surface area contributed by atoms with Gasteiger partial charge in [0.2, 0.25) is 0 Å². The van der Waals surface area contributed by atoms with Gasteiger partial charge in [-0.25, -0.2) is 4.79 Å². The van der Waals surface area contributed by atoms with Crippen molar-refractivity contribution in [3.63, 3.8) is 0 Å². The standard InChI is InChI=1S/C14H11IO3/c1-18-14(17)10-4-2-9(3-5-10)11-6-7-12(15)13(16)8-11/h2-8,16H,1H3. The van der Waals surface area contributed by atoms with Crippen LogP contribution in [0.1, 0.15) is 10.4 Å². The lowest BCUT2D eigenvalue weighted by atomic mass is 10.0. The number of phenolic OH excluding ortho intramolecular Hbond substituents is 1. The first-order valence-corrected chi connectivity index (χ1v) is 6.37. The van der Waals surface area contributed by atoms with Crippen LogP contribution in [0.5, 0.6) is 5.75 Å². The van der Waals surface area contributed by atoms with Crippen molar-refractivity contribution in [3.8, 4) is 16.9 Å². The van der Waals surface area contributed by atoms with E-state index in [1.165, 1.54) is 7.11 Å². The third-order valence-corrected chi connectivity index (χ3v) is 3.50. The molecule has 0 saturated heterocycles. The summed E-state index contributed by atoms with van der Waals surface area (Å²) in [6.45, 7) is 0. The minimum Gasteiger partial charge on any atom is -0.507 e. The average molecular weight is 354 g/mol. The largest absolute Gasteiger partial charge is 0.507 e. The molecule has 0 fully saturated rings. The second-order valence-corrected chi connectivity index (χ2v) is 4.90. The van der Waals surface area contributed by atoms with E-state index in [-0.39, 0.29) is 11.7 Å². The van der Waals surface area contributed by atoms with Crippen LogP contribution in [-0.4, -0.2) is 18.2 Å². The number of carbonyl (C=O) groups is 1. The van der Waals surface area contributed by atoms with Gasteiger partial charge in [0.15, 0.2) is 0 Å². The van der Waals surface area contributed by atoms with Gasteiger partial charge in [-0.2, -0.15) is 0 Å². The highest BCUT2D eigenvalue weighted by molar-refractivity contribution is 14.1. The molecule has 2 aromatic carbocycles. The van der Waals surface area contributed by atoms with Crippen LogP contribution in [0.25, 0.3) is 11.1 Å². The first-order chi connectivity index (χ1) is 8.61. The predicted octanol–water partition coefficient (Wildman–Crippen LogP) is 3.45. The zero-order valence-electron chi connectivity index (χ0n) is 9.68. The Morgan fingerprint density at radius 1 is 1.11 bits per heavy atom. The van der Waals surface area contributed by atoms with E-state index >= 15 is 0 Å².